The number of rotatable bonds is 3. The molecule has 0 spiro atoms. The van der Waals surface area contributed by atoms with Crippen molar-refractivity contribution < 1.29 is 9.26 Å². The Morgan fingerprint density at radius 3 is 2.35 bits per heavy atom. The highest BCUT2D eigenvalue weighted by atomic mass is 35.5. The van der Waals surface area contributed by atoms with Crippen molar-refractivity contribution in [3.63, 3.8) is 0 Å². The van der Waals surface area contributed by atoms with Crippen molar-refractivity contribution in [1.82, 2.24) is 9.72 Å². The lowest BCUT2D eigenvalue weighted by Gasteiger charge is -2.09. The molecule has 0 aliphatic carbocycles. The lowest BCUT2D eigenvalue weighted by Crippen LogP contribution is -2.18. The van der Waals surface area contributed by atoms with Gasteiger partial charge in [-0.25, -0.2) is 0 Å². The van der Waals surface area contributed by atoms with Crippen LogP contribution in [-0.4, -0.2) is 16.8 Å². The fourth-order valence-corrected chi connectivity index (χ4v) is 3.08. The Balaban J connectivity index is 1.90. The van der Waals surface area contributed by atoms with Gasteiger partial charge in [0.05, 0.1) is 12.8 Å². The molecular weight excluding hydrogens is 352 g/mol. The van der Waals surface area contributed by atoms with Crippen molar-refractivity contribution in [2.45, 2.75) is 0 Å². The molecule has 0 N–H and O–H groups in total. The van der Waals surface area contributed by atoms with E-state index in [4.69, 9.17) is 20.9 Å². The number of methoxy groups -OCH3 is 1. The molecule has 0 saturated heterocycles. The normalized spacial score (nSPS) is 11.0. The van der Waals surface area contributed by atoms with Crippen LogP contribution >= 0.6 is 11.6 Å². The van der Waals surface area contributed by atoms with Crippen LogP contribution in [0.4, 0.5) is 0 Å². The van der Waals surface area contributed by atoms with Crippen molar-refractivity contribution >= 4 is 22.6 Å². The molecule has 4 rings (SSSR count). The Morgan fingerprint density at radius 1 is 1.04 bits per heavy atom. The lowest BCUT2D eigenvalue weighted by molar-refractivity contribution is 0.415. The van der Waals surface area contributed by atoms with E-state index >= 15 is 0 Å². The maximum atomic E-state index is 13.0. The Hall–Kier alpha value is -3.05. The third kappa shape index (κ3) is 2.66. The average molecular weight is 367 g/mol. The lowest BCUT2D eigenvalue weighted by atomic mass is 10.1. The second-order valence-electron chi connectivity index (χ2n) is 5.90. The number of ether oxygens (including phenoxy) is 1. The van der Waals surface area contributed by atoms with Gasteiger partial charge in [-0.1, -0.05) is 28.9 Å². The maximum absolute atomic E-state index is 13.0. The first-order chi connectivity index (χ1) is 12.6. The van der Waals surface area contributed by atoms with E-state index in [1.54, 1.807) is 30.9 Å². The molecular formula is C20H15ClN2O3. The third-order valence-electron chi connectivity index (χ3n) is 4.37. The monoisotopic (exact) mass is 366 g/mol. The zero-order chi connectivity index (χ0) is 18.3. The average Bonchev–Trinajstić information content (AvgIpc) is 3.09. The Morgan fingerprint density at radius 2 is 1.69 bits per heavy atom. The first kappa shape index (κ1) is 16.4. The van der Waals surface area contributed by atoms with Gasteiger partial charge in [0.25, 0.3) is 5.56 Å². The zero-order valence-electron chi connectivity index (χ0n) is 14.2. The molecule has 4 aromatic rings. The third-order valence-corrected chi connectivity index (χ3v) is 4.62. The Bertz CT molecular complexity index is 1140. The van der Waals surface area contributed by atoms with E-state index < -0.39 is 0 Å². The second kappa shape index (κ2) is 6.35. The summed E-state index contributed by atoms with van der Waals surface area (Å²) in [6.07, 6.45) is 0. The summed E-state index contributed by atoms with van der Waals surface area (Å²) in [5.74, 6) is 0.754. The molecule has 0 amide bonds. The van der Waals surface area contributed by atoms with Gasteiger partial charge < -0.3 is 13.8 Å². The van der Waals surface area contributed by atoms with Crippen LogP contribution < -0.4 is 10.3 Å². The van der Waals surface area contributed by atoms with Gasteiger partial charge in [-0.2, -0.15) is 0 Å². The van der Waals surface area contributed by atoms with Gasteiger partial charge in [0.15, 0.2) is 5.58 Å². The Labute approximate surface area is 154 Å². The molecule has 0 atom stereocenters. The number of pyridine rings is 1. The van der Waals surface area contributed by atoms with Gasteiger partial charge >= 0.3 is 0 Å². The molecule has 2 aromatic carbocycles. The highest BCUT2D eigenvalue weighted by Crippen LogP contribution is 2.29. The number of benzene rings is 2. The fraction of sp³-hybridized carbons (Fsp3) is 0.100. The summed E-state index contributed by atoms with van der Waals surface area (Å²) in [4.78, 5) is 13.0. The highest BCUT2D eigenvalue weighted by molar-refractivity contribution is 6.30. The largest absolute Gasteiger partial charge is 0.497 e. The molecule has 0 aliphatic rings. The summed E-state index contributed by atoms with van der Waals surface area (Å²) in [5, 5.41) is 5.18. The predicted octanol–water partition coefficient (Wildman–Crippen LogP) is 4.52. The van der Waals surface area contributed by atoms with Crippen molar-refractivity contribution in [2.24, 2.45) is 7.05 Å². The van der Waals surface area contributed by atoms with Crippen LogP contribution in [0.25, 0.3) is 33.5 Å². The van der Waals surface area contributed by atoms with Crippen LogP contribution in [0.1, 0.15) is 0 Å². The van der Waals surface area contributed by atoms with E-state index in [-0.39, 0.29) is 5.56 Å². The summed E-state index contributed by atoms with van der Waals surface area (Å²) >= 11 is 5.94. The minimum atomic E-state index is -0.167. The van der Waals surface area contributed by atoms with Gasteiger partial charge in [0, 0.05) is 23.7 Å². The predicted molar refractivity (Wildman–Crippen MR) is 102 cm³/mol. The number of aromatic nitrogens is 2. The van der Waals surface area contributed by atoms with E-state index in [2.05, 4.69) is 5.16 Å². The van der Waals surface area contributed by atoms with Gasteiger partial charge in [-0.3, -0.25) is 4.79 Å². The first-order valence-electron chi connectivity index (χ1n) is 7.98. The van der Waals surface area contributed by atoms with Crippen LogP contribution in [0.15, 0.2) is 63.9 Å². The SMILES string of the molecule is COc1ccc(-c2cc3onc(-c4ccc(Cl)cc4)c3c(=O)n2C)cc1. The molecule has 130 valence electrons. The topological polar surface area (TPSA) is 57.3 Å². The van der Waals surface area contributed by atoms with Crippen molar-refractivity contribution in [2.75, 3.05) is 7.11 Å². The summed E-state index contributed by atoms with van der Waals surface area (Å²) in [5.41, 5.74) is 3.20. The summed E-state index contributed by atoms with van der Waals surface area (Å²) in [7, 11) is 3.35. The van der Waals surface area contributed by atoms with Crippen LogP contribution in [0.3, 0.4) is 0 Å². The van der Waals surface area contributed by atoms with Gasteiger partial charge in [-0.15, -0.1) is 0 Å². The van der Waals surface area contributed by atoms with Crippen molar-refractivity contribution in [3.8, 4) is 28.3 Å². The molecule has 0 bridgehead atoms. The van der Waals surface area contributed by atoms with Crippen LogP contribution in [-0.2, 0) is 7.05 Å². The summed E-state index contributed by atoms with van der Waals surface area (Å²) < 4.78 is 12.2. The quantitative estimate of drug-likeness (QED) is 0.534. The molecule has 6 heteroatoms. The molecule has 26 heavy (non-hydrogen) atoms. The summed E-state index contributed by atoms with van der Waals surface area (Å²) in [6, 6.07) is 16.5. The Kier molecular flexibility index (Phi) is 4.01. The number of hydrogen-bond acceptors (Lipinski definition) is 4. The summed E-state index contributed by atoms with van der Waals surface area (Å²) in [6.45, 7) is 0. The van der Waals surface area contributed by atoms with E-state index in [1.807, 2.05) is 42.5 Å². The number of fused-ring (bicyclic) bond motifs is 1. The van der Waals surface area contributed by atoms with Gasteiger partial charge in [0.1, 0.15) is 16.8 Å². The minimum absolute atomic E-state index is 0.167. The molecule has 2 heterocycles. The van der Waals surface area contributed by atoms with Gasteiger partial charge in [-0.05, 0) is 42.0 Å². The highest BCUT2D eigenvalue weighted by Gasteiger charge is 2.18. The molecule has 2 aromatic heterocycles. The first-order valence-corrected chi connectivity index (χ1v) is 8.36. The van der Waals surface area contributed by atoms with E-state index in [0.717, 1.165) is 22.6 Å². The molecule has 0 fully saturated rings. The van der Waals surface area contributed by atoms with Crippen LogP contribution in [0.5, 0.6) is 5.75 Å². The van der Waals surface area contributed by atoms with E-state index in [1.165, 1.54) is 0 Å². The minimum Gasteiger partial charge on any atom is -0.497 e. The molecule has 0 unspecified atom stereocenters. The number of halogens is 1. The maximum Gasteiger partial charge on any atom is 0.264 e. The van der Waals surface area contributed by atoms with Gasteiger partial charge in [0.2, 0.25) is 0 Å². The fourth-order valence-electron chi connectivity index (χ4n) is 2.95. The molecule has 0 radical (unpaired) electrons. The number of hydrogen-bond donors (Lipinski definition) is 0. The van der Waals surface area contributed by atoms with Crippen molar-refractivity contribution in [3.05, 3.63) is 70.0 Å². The molecule has 5 nitrogen and oxygen atoms in total. The second-order valence-corrected chi connectivity index (χ2v) is 6.34. The van der Waals surface area contributed by atoms with Crippen LogP contribution in [0, 0.1) is 0 Å². The smallest absolute Gasteiger partial charge is 0.264 e. The van der Waals surface area contributed by atoms with E-state index in [9.17, 15) is 4.79 Å². The van der Waals surface area contributed by atoms with Crippen molar-refractivity contribution in [1.29, 1.82) is 0 Å². The zero-order valence-corrected chi connectivity index (χ0v) is 14.9. The number of nitrogens with zero attached hydrogens (tertiary/aromatic N) is 2. The molecule has 0 aliphatic heterocycles. The molecule has 0 saturated carbocycles. The van der Waals surface area contributed by atoms with E-state index in [0.29, 0.717) is 21.7 Å². The van der Waals surface area contributed by atoms with Crippen LogP contribution in [0.2, 0.25) is 5.02 Å². The standard InChI is InChI=1S/C20H15ClN2O3/c1-23-16(12-5-9-15(25-2)10-6-12)11-17-18(20(23)24)19(22-26-17)13-3-7-14(21)8-4-13/h3-11H,1-2H3.